The number of pyridine rings is 1. The number of aryl methyl sites for hydroxylation is 1. The fourth-order valence-electron chi connectivity index (χ4n) is 3.81. The van der Waals surface area contributed by atoms with Crippen LogP contribution in [0, 0.1) is 5.92 Å². The van der Waals surface area contributed by atoms with Crippen LogP contribution in [0.25, 0.3) is 11.4 Å². The van der Waals surface area contributed by atoms with Gasteiger partial charge in [-0.1, -0.05) is 31.2 Å². The number of carbonyl (C=O) groups is 2. The third-order valence-electron chi connectivity index (χ3n) is 5.47. The van der Waals surface area contributed by atoms with Gasteiger partial charge in [-0.2, -0.15) is 5.10 Å². The number of hydrogen-bond donors (Lipinski definition) is 2. The van der Waals surface area contributed by atoms with Gasteiger partial charge in [0, 0.05) is 25.0 Å². The summed E-state index contributed by atoms with van der Waals surface area (Å²) in [6.45, 7) is 3.10. The molecular formula is C23H25N5O2. The number of carbonyl (C=O) groups excluding carboxylic acids is 2. The maximum atomic E-state index is 13.0. The van der Waals surface area contributed by atoms with Gasteiger partial charge in [0.25, 0.3) is 5.91 Å². The van der Waals surface area contributed by atoms with Crippen LogP contribution in [0.1, 0.15) is 35.8 Å². The molecule has 3 heterocycles. The third kappa shape index (κ3) is 4.25. The van der Waals surface area contributed by atoms with E-state index in [9.17, 15) is 9.59 Å². The summed E-state index contributed by atoms with van der Waals surface area (Å²) >= 11 is 0. The number of nitrogens with one attached hydrogen (secondary N) is 2. The highest BCUT2D eigenvalue weighted by Crippen LogP contribution is 2.23. The predicted octanol–water partition coefficient (Wildman–Crippen LogP) is 3.53. The predicted molar refractivity (Wildman–Crippen MR) is 115 cm³/mol. The molecule has 7 nitrogen and oxygen atoms in total. The quantitative estimate of drug-likeness (QED) is 0.682. The monoisotopic (exact) mass is 403 g/mol. The van der Waals surface area contributed by atoms with E-state index < -0.39 is 0 Å². The Hall–Kier alpha value is -3.48. The van der Waals surface area contributed by atoms with Crippen LogP contribution in [-0.4, -0.2) is 45.0 Å². The van der Waals surface area contributed by atoms with Crippen LogP contribution in [0.2, 0.25) is 0 Å². The van der Waals surface area contributed by atoms with Gasteiger partial charge < -0.3 is 10.2 Å². The first-order valence-corrected chi connectivity index (χ1v) is 10.3. The fourth-order valence-corrected chi connectivity index (χ4v) is 3.81. The van der Waals surface area contributed by atoms with E-state index in [4.69, 9.17) is 0 Å². The average Bonchev–Trinajstić information content (AvgIpc) is 3.30. The van der Waals surface area contributed by atoms with E-state index in [2.05, 4.69) is 27.4 Å². The number of aromatic amines is 1. The number of para-hydroxylation sites is 1. The summed E-state index contributed by atoms with van der Waals surface area (Å²) < 4.78 is 0. The molecule has 1 aromatic carbocycles. The molecule has 7 heteroatoms. The van der Waals surface area contributed by atoms with Crippen molar-refractivity contribution in [2.75, 3.05) is 18.4 Å². The van der Waals surface area contributed by atoms with E-state index in [1.807, 2.05) is 42.5 Å². The van der Waals surface area contributed by atoms with Crippen molar-refractivity contribution in [2.24, 2.45) is 5.92 Å². The highest BCUT2D eigenvalue weighted by molar-refractivity contribution is 5.96. The molecule has 30 heavy (non-hydrogen) atoms. The molecule has 0 spiro atoms. The highest BCUT2D eigenvalue weighted by Gasteiger charge is 2.30. The van der Waals surface area contributed by atoms with Crippen LogP contribution >= 0.6 is 0 Å². The Morgan fingerprint density at radius 3 is 2.80 bits per heavy atom. The van der Waals surface area contributed by atoms with E-state index in [1.165, 1.54) is 0 Å². The molecule has 154 valence electrons. The number of likely N-dealkylation sites (tertiary alicyclic amines) is 1. The second-order valence-electron chi connectivity index (χ2n) is 7.47. The molecular weight excluding hydrogens is 378 g/mol. The summed E-state index contributed by atoms with van der Waals surface area (Å²) in [6.07, 6.45) is 4.10. The van der Waals surface area contributed by atoms with Crippen molar-refractivity contribution < 1.29 is 9.59 Å². The number of piperidine rings is 1. The summed E-state index contributed by atoms with van der Waals surface area (Å²) in [4.78, 5) is 31.8. The van der Waals surface area contributed by atoms with Gasteiger partial charge in [-0.25, -0.2) is 0 Å². The minimum atomic E-state index is -0.231. The topological polar surface area (TPSA) is 91.0 Å². The number of nitrogens with zero attached hydrogens (tertiary/aromatic N) is 3. The minimum absolute atomic E-state index is 0.0350. The number of rotatable bonds is 5. The summed E-state index contributed by atoms with van der Waals surface area (Å²) in [5.74, 6) is -0.408. The maximum absolute atomic E-state index is 13.0. The van der Waals surface area contributed by atoms with Gasteiger partial charge in [-0.15, -0.1) is 0 Å². The smallest absolute Gasteiger partial charge is 0.271 e. The molecule has 4 rings (SSSR count). The second-order valence-corrected chi connectivity index (χ2v) is 7.47. The van der Waals surface area contributed by atoms with Crippen molar-refractivity contribution in [2.45, 2.75) is 26.2 Å². The Bertz CT molecular complexity index is 1030. The van der Waals surface area contributed by atoms with Crippen molar-refractivity contribution in [3.8, 4) is 11.4 Å². The number of benzene rings is 1. The van der Waals surface area contributed by atoms with Crippen LogP contribution in [0.4, 0.5) is 5.69 Å². The largest absolute Gasteiger partial charge is 0.337 e. The first-order valence-electron chi connectivity index (χ1n) is 10.3. The standard InChI is InChI=1S/C23H25N5O2/c1-2-16-8-3-4-10-18(16)25-22(29)17-9-7-13-28(15-17)23(30)21-14-20(26-27-21)19-11-5-6-12-24-19/h3-6,8,10-12,14,17H,2,7,9,13,15H2,1H3,(H,25,29)(H,26,27). The van der Waals surface area contributed by atoms with Crippen LogP contribution in [-0.2, 0) is 11.2 Å². The van der Waals surface area contributed by atoms with Crippen molar-refractivity contribution in [3.63, 3.8) is 0 Å². The molecule has 0 saturated carbocycles. The van der Waals surface area contributed by atoms with Gasteiger partial charge in [0.15, 0.2) is 0 Å². The molecule has 1 atom stereocenters. The van der Waals surface area contributed by atoms with Gasteiger partial charge in [0.1, 0.15) is 11.4 Å². The van der Waals surface area contributed by atoms with E-state index in [1.54, 1.807) is 17.2 Å². The normalized spacial score (nSPS) is 16.3. The summed E-state index contributed by atoms with van der Waals surface area (Å²) in [7, 11) is 0. The molecule has 3 aromatic rings. The van der Waals surface area contributed by atoms with E-state index in [0.717, 1.165) is 30.5 Å². The molecule has 2 amide bonds. The molecule has 1 aliphatic rings. The van der Waals surface area contributed by atoms with E-state index >= 15 is 0 Å². The van der Waals surface area contributed by atoms with Gasteiger partial charge in [0.2, 0.25) is 5.91 Å². The summed E-state index contributed by atoms with van der Waals surface area (Å²) in [5.41, 5.74) is 3.70. The Balaban J connectivity index is 1.43. The molecule has 2 aromatic heterocycles. The maximum Gasteiger partial charge on any atom is 0.271 e. The van der Waals surface area contributed by atoms with Crippen molar-refractivity contribution in [1.82, 2.24) is 20.1 Å². The van der Waals surface area contributed by atoms with E-state index in [0.29, 0.717) is 30.2 Å². The van der Waals surface area contributed by atoms with Crippen molar-refractivity contribution in [1.29, 1.82) is 0 Å². The lowest BCUT2D eigenvalue weighted by Crippen LogP contribution is -2.44. The Morgan fingerprint density at radius 1 is 1.17 bits per heavy atom. The number of amides is 2. The van der Waals surface area contributed by atoms with Crippen LogP contribution in [0.15, 0.2) is 54.7 Å². The Morgan fingerprint density at radius 2 is 2.00 bits per heavy atom. The first-order chi connectivity index (χ1) is 14.7. The zero-order valence-electron chi connectivity index (χ0n) is 17.0. The molecule has 0 aliphatic carbocycles. The molecule has 2 N–H and O–H groups in total. The number of hydrogen-bond acceptors (Lipinski definition) is 4. The van der Waals surface area contributed by atoms with Gasteiger partial charge in [-0.05, 0) is 49.1 Å². The lowest BCUT2D eigenvalue weighted by molar-refractivity contribution is -0.121. The molecule has 1 aliphatic heterocycles. The van der Waals surface area contributed by atoms with E-state index in [-0.39, 0.29) is 17.7 Å². The molecule has 1 saturated heterocycles. The fraction of sp³-hybridized carbons (Fsp3) is 0.304. The number of aromatic nitrogens is 3. The molecule has 0 bridgehead atoms. The highest BCUT2D eigenvalue weighted by atomic mass is 16.2. The Labute approximate surface area is 175 Å². The second kappa shape index (κ2) is 8.90. The van der Waals surface area contributed by atoms with Crippen LogP contribution < -0.4 is 5.32 Å². The minimum Gasteiger partial charge on any atom is -0.337 e. The number of H-pyrrole nitrogens is 1. The SMILES string of the molecule is CCc1ccccc1NC(=O)C1CCCN(C(=O)c2cc(-c3ccccn3)n[nH]2)C1. The van der Waals surface area contributed by atoms with Gasteiger partial charge in [0.05, 0.1) is 11.6 Å². The zero-order valence-corrected chi connectivity index (χ0v) is 17.0. The van der Waals surface area contributed by atoms with Crippen molar-refractivity contribution in [3.05, 3.63) is 66.0 Å². The summed E-state index contributed by atoms with van der Waals surface area (Å²) in [5, 5.41) is 10.1. The zero-order chi connectivity index (χ0) is 20.9. The molecule has 0 radical (unpaired) electrons. The first kappa shape index (κ1) is 19.8. The lowest BCUT2D eigenvalue weighted by Gasteiger charge is -2.31. The molecule has 1 unspecified atom stereocenters. The molecule has 1 fully saturated rings. The van der Waals surface area contributed by atoms with Crippen LogP contribution in [0.5, 0.6) is 0 Å². The lowest BCUT2D eigenvalue weighted by atomic mass is 9.96. The van der Waals surface area contributed by atoms with Crippen LogP contribution in [0.3, 0.4) is 0 Å². The van der Waals surface area contributed by atoms with Gasteiger partial charge in [-0.3, -0.25) is 19.7 Å². The third-order valence-corrected chi connectivity index (χ3v) is 5.47. The number of anilines is 1. The average molecular weight is 403 g/mol. The Kier molecular flexibility index (Phi) is 5.88. The van der Waals surface area contributed by atoms with Gasteiger partial charge >= 0.3 is 0 Å². The van der Waals surface area contributed by atoms with Crippen molar-refractivity contribution >= 4 is 17.5 Å². The summed E-state index contributed by atoms with van der Waals surface area (Å²) in [6, 6.07) is 15.1.